The van der Waals surface area contributed by atoms with Crippen molar-refractivity contribution in [3.05, 3.63) is 88.7 Å². The number of benzene rings is 2. The lowest BCUT2D eigenvalue weighted by molar-refractivity contribution is 0.0904. The third-order valence-corrected chi connectivity index (χ3v) is 6.12. The molecule has 0 unspecified atom stereocenters. The Bertz CT molecular complexity index is 1330. The minimum atomic E-state index is 0.423. The molecule has 0 atom stereocenters. The molecule has 164 valence electrons. The predicted octanol–water partition coefficient (Wildman–Crippen LogP) is 6.25. The molecule has 1 aliphatic rings. The molecular weight excluding hydrogens is 430 g/mol. The Hall–Kier alpha value is -3.39. The highest BCUT2D eigenvalue weighted by Gasteiger charge is 2.14. The van der Waals surface area contributed by atoms with Crippen LogP contribution in [0, 0.1) is 18.8 Å². The number of ether oxygens (including phenoxy) is 1. The Morgan fingerprint density at radius 2 is 1.73 bits per heavy atom. The molecule has 0 spiro atoms. The number of nitrogens with one attached hydrogen (secondary N) is 1. The molecule has 1 aliphatic heterocycles. The average molecular weight is 454 g/mol. The average Bonchev–Trinajstić information content (AvgIpc) is 2.84. The molecule has 0 radical (unpaired) electrons. The van der Waals surface area contributed by atoms with Gasteiger partial charge in [0.2, 0.25) is 0 Å². The Morgan fingerprint density at radius 3 is 2.48 bits per heavy atom. The number of hydrogen-bond donors (Lipinski definition) is 1. The molecule has 5 heteroatoms. The van der Waals surface area contributed by atoms with Gasteiger partial charge in [0.1, 0.15) is 11.5 Å². The summed E-state index contributed by atoms with van der Waals surface area (Å²) in [4.78, 5) is 9.32. The van der Waals surface area contributed by atoms with Crippen LogP contribution in [0.15, 0.2) is 66.9 Å². The van der Waals surface area contributed by atoms with E-state index in [1.54, 1.807) is 0 Å². The van der Waals surface area contributed by atoms with Crippen LogP contribution in [0.1, 0.15) is 29.7 Å². The van der Waals surface area contributed by atoms with Crippen LogP contribution in [0.5, 0.6) is 0 Å². The Kier molecular flexibility index (Phi) is 6.26. The molecule has 1 fully saturated rings. The standard InChI is InChI=1S/C28H24ClN3O/c1-19-16-28(31-25-12-14-33-15-13-25)32-27-11-3-20(17-26(19)27)2-9-24-10-6-22(18-30-24)21-4-7-23(29)8-5-21/h3-8,10-11,16-18,25H,12-15H2,1H3,(H,31,32). The van der Waals surface area contributed by atoms with Crippen molar-refractivity contribution in [1.29, 1.82) is 0 Å². The molecule has 4 aromatic rings. The smallest absolute Gasteiger partial charge is 0.127 e. The zero-order valence-corrected chi connectivity index (χ0v) is 19.2. The summed E-state index contributed by atoms with van der Waals surface area (Å²) >= 11 is 5.97. The van der Waals surface area contributed by atoms with Gasteiger partial charge in [-0.1, -0.05) is 35.7 Å². The van der Waals surface area contributed by atoms with Gasteiger partial charge >= 0.3 is 0 Å². The second-order valence-corrected chi connectivity index (χ2v) is 8.71. The number of anilines is 1. The molecule has 5 rings (SSSR count). The van der Waals surface area contributed by atoms with Crippen molar-refractivity contribution >= 4 is 28.3 Å². The van der Waals surface area contributed by atoms with Crippen molar-refractivity contribution in [3.8, 4) is 23.0 Å². The van der Waals surface area contributed by atoms with Crippen LogP contribution in [0.2, 0.25) is 5.02 Å². The van der Waals surface area contributed by atoms with Crippen LogP contribution in [0.25, 0.3) is 22.0 Å². The highest BCUT2D eigenvalue weighted by Crippen LogP contribution is 2.24. The van der Waals surface area contributed by atoms with E-state index in [0.717, 1.165) is 70.2 Å². The normalized spacial score (nSPS) is 14.0. The first-order chi connectivity index (χ1) is 16.1. The van der Waals surface area contributed by atoms with Crippen LogP contribution >= 0.6 is 11.6 Å². The summed E-state index contributed by atoms with van der Waals surface area (Å²) < 4.78 is 5.45. The lowest BCUT2D eigenvalue weighted by atomic mass is 10.1. The summed E-state index contributed by atoms with van der Waals surface area (Å²) in [7, 11) is 0. The van der Waals surface area contributed by atoms with Crippen LogP contribution in [0.4, 0.5) is 5.82 Å². The summed E-state index contributed by atoms with van der Waals surface area (Å²) in [5.41, 5.74) is 5.95. The largest absolute Gasteiger partial charge is 0.381 e. The maximum Gasteiger partial charge on any atom is 0.127 e. The first-order valence-corrected chi connectivity index (χ1v) is 11.5. The second-order valence-electron chi connectivity index (χ2n) is 8.28. The number of halogens is 1. The van der Waals surface area contributed by atoms with Gasteiger partial charge in [-0.3, -0.25) is 0 Å². The van der Waals surface area contributed by atoms with Gasteiger partial charge in [0.25, 0.3) is 0 Å². The fourth-order valence-corrected chi connectivity index (χ4v) is 4.14. The molecule has 4 nitrogen and oxygen atoms in total. The zero-order valence-electron chi connectivity index (χ0n) is 18.4. The Morgan fingerprint density at radius 1 is 0.939 bits per heavy atom. The molecule has 0 amide bonds. The summed E-state index contributed by atoms with van der Waals surface area (Å²) in [6.07, 6.45) is 3.87. The van der Waals surface area contributed by atoms with Crippen LogP contribution < -0.4 is 5.32 Å². The minimum absolute atomic E-state index is 0.423. The SMILES string of the molecule is Cc1cc(NC2CCOCC2)nc2ccc(C#Cc3ccc(-c4ccc(Cl)cc4)cn3)cc12. The maximum absolute atomic E-state index is 5.97. The number of aromatic nitrogens is 2. The van der Waals surface area contributed by atoms with Gasteiger partial charge in [0, 0.05) is 47.0 Å². The third-order valence-electron chi connectivity index (χ3n) is 5.86. The first kappa shape index (κ1) is 21.5. The molecular formula is C28H24ClN3O. The van der Waals surface area contributed by atoms with Gasteiger partial charge in [0.05, 0.1) is 5.52 Å². The molecule has 3 heterocycles. The number of aryl methyl sites for hydroxylation is 1. The van der Waals surface area contributed by atoms with E-state index < -0.39 is 0 Å². The van der Waals surface area contributed by atoms with Crippen LogP contribution in [0.3, 0.4) is 0 Å². The zero-order chi connectivity index (χ0) is 22.6. The van der Waals surface area contributed by atoms with Crippen LogP contribution in [-0.2, 0) is 4.74 Å². The van der Waals surface area contributed by atoms with E-state index >= 15 is 0 Å². The fraction of sp³-hybridized carbons (Fsp3) is 0.214. The van der Waals surface area contributed by atoms with E-state index in [9.17, 15) is 0 Å². The van der Waals surface area contributed by atoms with E-state index in [2.05, 4.69) is 41.2 Å². The summed E-state index contributed by atoms with van der Waals surface area (Å²) in [6.45, 7) is 3.74. The van der Waals surface area contributed by atoms with Gasteiger partial charge in [-0.2, -0.15) is 0 Å². The van der Waals surface area contributed by atoms with Gasteiger partial charge in [0.15, 0.2) is 0 Å². The maximum atomic E-state index is 5.97. The van der Waals surface area contributed by atoms with Gasteiger partial charge in [-0.05, 0) is 79.3 Å². The number of rotatable bonds is 3. The minimum Gasteiger partial charge on any atom is -0.381 e. The topological polar surface area (TPSA) is 47.0 Å². The number of hydrogen-bond acceptors (Lipinski definition) is 4. The van der Waals surface area contributed by atoms with Crippen LogP contribution in [-0.4, -0.2) is 29.2 Å². The predicted molar refractivity (Wildman–Crippen MR) is 135 cm³/mol. The van der Waals surface area contributed by atoms with E-state index in [4.69, 9.17) is 21.3 Å². The summed E-state index contributed by atoms with van der Waals surface area (Å²) in [5.74, 6) is 7.34. The lowest BCUT2D eigenvalue weighted by Crippen LogP contribution is -2.28. The molecule has 2 aromatic heterocycles. The number of nitrogens with zero attached hydrogens (tertiary/aromatic N) is 2. The van der Waals surface area contributed by atoms with Crippen molar-refractivity contribution in [2.75, 3.05) is 18.5 Å². The molecule has 0 aliphatic carbocycles. The lowest BCUT2D eigenvalue weighted by Gasteiger charge is -2.24. The second kappa shape index (κ2) is 9.62. The molecule has 0 saturated carbocycles. The highest BCUT2D eigenvalue weighted by molar-refractivity contribution is 6.30. The third kappa shape index (κ3) is 5.17. The first-order valence-electron chi connectivity index (χ1n) is 11.1. The summed E-state index contributed by atoms with van der Waals surface area (Å²) in [5, 5.41) is 5.40. The van der Waals surface area contributed by atoms with Gasteiger partial charge in [-0.25, -0.2) is 9.97 Å². The Labute approximate surface area is 199 Å². The van der Waals surface area contributed by atoms with E-state index in [1.165, 1.54) is 5.56 Å². The molecule has 33 heavy (non-hydrogen) atoms. The van der Waals surface area contributed by atoms with Gasteiger partial charge < -0.3 is 10.1 Å². The molecule has 0 bridgehead atoms. The fourth-order valence-electron chi connectivity index (χ4n) is 4.01. The van der Waals surface area contributed by atoms with Crippen molar-refractivity contribution in [1.82, 2.24) is 9.97 Å². The monoisotopic (exact) mass is 453 g/mol. The van der Waals surface area contributed by atoms with E-state index in [0.29, 0.717) is 6.04 Å². The molecule has 1 saturated heterocycles. The van der Waals surface area contributed by atoms with E-state index in [1.807, 2.05) is 54.7 Å². The van der Waals surface area contributed by atoms with Crippen molar-refractivity contribution in [2.24, 2.45) is 0 Å². The van der Waals surface area contributed by atoms with Crippen molar-refractivity contribution in [3.63, 3.8) is 0 Å². The quantitative estimate of drug-likeness (QED) is 0.372. The Balaban J connectivity index is 1.34. The van der Waals surface area contributed by atoms with Crippen molar-refractivity contribution in [2.45, 2.75) is 25.8 Å². The highest BCUT2D eigenvalue weighted by atomic mass is 35.5. The number of pyridine rings is 2. The van der Waals surface area contributed by atoms with Gasteiger partial charge in [-0.15, -0.1) is 0 Å². The molecule has 1 N–H and O–H groups in total. The summed E-state index contributed by atoms with van der Waals surface area (Å²) in [6, 6.07) is 20.4. The van der Waals surface area contributed by atoms with Crippen molar-refractivity contribution < 1.29 is 4.74 Å². The van der Waals surface area contributed by atoms with E-state index in [-0.39, 0.29) is 0 Å². The molecule has 2 aromatic carbocycles. The number of fused-ring (bicyclic) bond motifs is 1.